The van der Waals surface area contributed by atoms with Crippen molar-refractivity contribution in [3.63, 3.8) is 0 Å². The lowest BCUT2D eigenvalue weighted by Crippen LogP contribution is -2.51. The zero-order valence-corrected chi connectivity index (χ0v) is 7.93. The van der Waals surface area contributed by atoms with E-state index in [4.69, 9.17) is 5.11 Å². The number of hydrogen-bond acceptors (Lipinski definition) is 3. The number of alkyl halides is 3. The standard InChI is InChI=1S/C8H12F3NO3/c9-8(10,11)5-15-7(6(13)14)1-3-12-4-2-7/h12H,1-5H2,(H,13,14). The highest BCUT2D eigenvalue weighted by atomic mass is 19.4. The second kappa shape index (κ2) is 4.36. The number of carbonyl (C=O) groups is 1. The molecule has 1 aliphatic heterocycles. The molecule has 2 N–H and O–H groups in total. The molecule has 1 saturated heterocycles. The van der Waals surface area contributed by atoms with Gasteiger partial charge in [-0.2, -0.15) is 13.2 Å². The van der Waals surface area contributed by atoms with Gasteiger partial charge in [-0.05, 0) is 25.9 Å². The van der Waals surface area contributed by atoms with Gasteiger partial charge in [0, 0.05) is 0 Å². The quantitative estimate of drug-likeness (QED) is 0.747. The van der Waals surface area contributed by atoms with Gasteiger partial charge in [-0.3, -0.25) is 0 Å². The van der Waals surface area contributed by atoms with Gasteiger partial charge in [-0.1, -0.05) is 0 Å². The highest BCUT2D eigenvalue weighted by Gasteiger charge is 2.43. The van der Waals surface area contributed by atoms with Crippen molar-refractivity contribution in [2.75, 3.05) is 19.7 Å². The number of rotatable bonds is 3. The molecule has 1 fully saturated rings. The molecule has 0 atom stereocenters. The van der Waals surface area contributed by atoms with E-state index in [9.17, 15) is 18.0 Å². The molecular weight excluding hydrogens is 215 g/mol. The van der Waals surface area contributed by atoms with Gasteiger partial charge in [-0.25, -0.2) is 4.79 Å². The molecule has 0 radical (unpaired) electrons. The zero-order valence-electron chi connectivity index (χ0n) is 7.93. The fraction of sp³-hybridized carbons (Fsp3) is 0.875. The number of nitrogens with one attached hydrogen (secondary N) is 1. The van der Waals surface area contributed by atoms with Crippen LogP contribution < -0.4 is 5.32 Å². The van der Waals surface area contributed by atoms with E-state index in [2.05, 4.69) is 10.1 Å². The molecular formula is C8H12F3NO3. The minimum Gasteiger partial charge on any atom is -0.479 e. The van der Waals surface area contributed by atoms with Crippen molar-refractivity contribution in [2.45, 2.75) is 24.6 Å². The highest BCUT2D eigenvalue weighted by molar-refractivity contribution is 5.77. The van der Waals surface area contributed by atoms with Crippen LogP contribution in [0, 0.1) is 0 Å². The molecule has 0 aromatic carbocycles. The maximum atomic E-state index is 11.9. The molecule has 0 bridgehead atoms. The van der Waals surface area contributed by atoms with Crippen LogP contribution in [0.3, 0.4) is 0 Å². The molecule has 4 nitrogen and oxygen atoms in total. The van der Waals surface area contributed by atoms with Crippen molar-refractivity contribution in [1.29, 1.82) is 0 Å². The van der Waals surface area contributed by atoms with Gasteiger partial charge in [0.05, 0.1) is 0 Å². The Kier molecular flexibility index (Phi) is 3.56. The number of aliphatic carboxylic acids is 1. The van der Waals surface area contributed by atoms with Crippen LogP contribution in [0.1, 0.15) is 12.8 Å². The van der Waals surface area contributed by atoms with Gasteiger partial charge in [0.1, 0.15) is 6.61 Å². The van der Waals surface area contributed by atoms with Gasteiger partial charge < -0.3 is 15.2 Å². The molecule has 0 saturated carbocycles. The molecule has 88 valence electrons. The number of carboxylic acid groups (broad SMARTS) is 1. The van der Waals surface area contributed by atoms with E-state index in [1.807, 2.05) is 0 Å². The number of piperidine rings is 1. The first kappa shape index (κ1) is 12.3. The van der Waals surface area contributed by atoms with Crippen LogP contribution in [0.15, 0.2) is 0 Å². The third-order valence-electron chi connectivity index (χ3n) is 2.31. The minimum absolute atomic E-state index is 0.0540. The van der Waals surface area contributed by atoms with Gasteiger partial charge in [0.15, 0.2) is 5.60 Å². The summed E-state index contributed by atoms with van der Waals surface area (Å²) in [5, 5.41) is 11.7. The monoisotopic (exact) mass is 227 g/mol. The number of halogens is 3. The largest absolute Gasteiger partial charge is 0.479 e. The number of carboxylic acids is 1. The maximum absolute atomic E-state index is 11.9. The topological polar surface area (TPSA) is 58.6 Å². The molecule has 0 aromatic rings. The highest BCUT2D eigenvalue weighted by Crippen LogP contribution is 2.27. The molecule has 0 aromatic heterocycles. The van der Waals surface area contributed by atoms with Gasteiger partial charge >= 0.3 is 12.1 Å². The van der Waals surface area contributed by atoms with Crippen LogP contribution in [-0.2, 0) is 9.53 Å². The zero-order chi connectivity index (χ0) is 11.5. The third-order valence-corrected chi connectivity index (χ3v) is 2.31. The summed E-state index contributed by atoms with van der Waals surface area (Å²) < 4.78 is 40.3. The fourth-order valence-electron chi connectivity index (χ4n) is 1.47. The Morgan fingerprint density at radius 1 is 1.40 bits per heavy atom. The van der Waals surface area contributed by atoms with Crippen LogP contribution in [0.25, 0.3) is 0 Å². The van der Waals surface area contributed by atoms with E-state index >= 15 is 0 Å². The van der Waals surface area contributed by atoms with Crippen molar-refractivity contribution in [2.24, 2.45) is 0 Å². The molecule has 1 aliphatic rings. The van der Waals surface area contributed by atoms with Crippen LogP contribution in [0.2, 0.25) is 0 Å². The summed E-state index contributed by atoms with van der Waals surface area (Å²) in [7, 11) is 0. The number of ether oxygens (including phenoxy) is 1. The van der Waals surface area contributed by atoms with Crippen LogP contribution in [-0.4, -0.2) is 42.5 Å². The summed E-state index contributed by atoms with van der Waals surface area (Å²) in [6.07, 6.45) is -4.38. The Hall–Kier alpha value is -0.820. The molecule has 0 amide bonds. The summed E-state index contributed by atoms with van der Waals surface area (Å²) in [6, 6.07) is 0. The predicted molar refractivity (Wildman–Crippen MR) is 44.5 cm³/mol. The average Bonchev–Trinajstić information content (AvgIpc) is 2.15. The molecule has 15 heavy (non-hydrogen) atoms. The second-order valence-corrected chi connectivity index (χ2v) is 3.45. The van der Waals surface area contributed by atoms with E-state index in [-0.39, 0.29) is 12.8 Å². The number of hydrogen-bond donors (Lipinski definition) is 2. The van der Waals surface area contributed by atoms with E-state index < -0.39 is 24.4 Å². The first-order chi connectivity index (χ1) is 6.86. The first-order valence-corrected chi connectivity index (χ1v) is 4.51. The lowest BCUT2D eigenvalue weighted by Gasteiger charge is -2.33. The Morgan fingerprint density at radius 2 is 1.93 bits per heavy atom. The second-order valence-electron chi connectivity index (χ2n) is 3.45. The Bertz CT molecular complexity index is 236. The third kappa shape index (κ3) is 3.35. The first-order valence-electron chi connectivity index (χ1n) is 4.51. The summed E-state index contributed by atoms with van der Waals surface area (Å²) in [5.74, 6) is -1.33. The Labute approximate surface area is 84.4 Å². The molecule has 0 spiro atoms. The lowest BCUT2D eigenvalue weighted by molar-refractivity contribution is -0.217. The van der Waals surface area contributed by atoms with Gasteiger partial charge in [0.25, 0.3) is 0 Å². The predicted octanol–water partition coefficient (Wildman–Crippen LogP) is 0.772. The molecule has 0 aliphatic carbocycles. The van der Waals surface area contributed by atoms with Gasteiger partial charge in [0.2, 0.25) is 0 Å². The average molecular weight is 227 g/mol. The fourth-order valence-corrected chi connectivity index (χ4v) is 1.47. The van der Waals surface area contributed by atoms with Crippen LogP contribution in [0.5, 0.6) is 0 Å². The molecule has 1 rings (SSSR count). The smallest absolute Gasteiger partial charge is 0.411 e. The van der Waals surface area contributed by atoms with Crippen molar-refractivity contribution in [3.05, 3.63) is 0 Å². The van der Waals surface area contributed by atoms with Crippen molar-refractivity contribution < 1.29 is 27.8 Å². The van der Waals surface area contributed by atoms with Crippen molar-refractivity contribution in [1.82, 2.24) is 5.32 Å². The maximum Gasteiger partial charge on any atom is 0.411 e. The van der Waals surface area contributed by atoms with Crippen molar-refractivity contribution >= 4 is 5.97 Å². The summed E-state index contributed by atoms with van der Waals surface area (Å²) in [6.45, 7) is -0.812. The molecule has 1 heterocycles. The summed E-state index contributed by atoms with van der Waals surface area (Å²) >= 11 is 0. The molecule has 0 unspecified atom stereocenters. The van der Waals surface area contributed by atoms with Crippen molar-refractivity contribution in [3.8, 4) is 0 Å². The molecule has 7 heteroatoms. The van der Waals surface area contributed by atoms with E-state index in [1.54, 1.807) is 0 Å². The van der Waals surface area contributed by atoms with E-state index in [0.717, 1.165) is 0 Å². The summed E-state index contributed by atoms with van der Waals surface area (Å²) in [5.41, 5.74) is -1.68. The SMILES string of the molecule is O=C(O)C1(OCC(F)(F)F)CCNCC1. The normalized spacial score (nSPS) is 21.3. The summed E-state index contributed by atoms with van der Waals surface area (Å²) in [4.78, 5) is 10.9. The van der Waals surface area contributed by atoms with Crippen LogP contribution >= 0.6 is 0 Å². The van der Waals surface area contributed by atoms with E-state index in [1.165, 1.54) is 0 Å². The van der Waals surface area contributed by atoms with E-state index in [0.29, 0.717) is 13.1 Å². The Balaban J connectivity index is 2.61. The van der Waals surface area contributed by atoms with Gasteiger partial charge in [-0.15, -0.1) is 0 Å². The van der Waals surface area contributed by atoms with Crippen LogP contribution in [0.4, 0.5) is 13.2 Å². The lowest BCUT2D eigenvalue weighted by atomic mass is 9.92. The minimum atomic E-state index is -4.49. The Morgan fingerprint density at radius 3 is 2.33 bits per heavy atom.